The summed E-state index contributed by atoms with van der Waals surface area (Å²) in [5.41, 5.74) is 4.78. The van der Waals surface area contributed by atoms with Gasteiger partial charge in [-0.15, -0.1) is 0 Å². The second-order valence-corrected chi connectivity index (χ2v) is 8.69. The number of aliphatic carboxylic acids is 1. The summed E-state index contributed by atoms with van der Waals surface area (Å²) in [7, 11) is 0. The predicted molar refractivity (Wildman–Crippen MR) is 131 cm³/mol. The Kier molecular flexibility index (Phi) is 9.50. The molecule has 0 radical (unpaired) electrons. The lowest BCUT2D eigenvalue weighted by atomic mass is 9.98. The molecule has 2 aromatic carbocycles. The molecular weight excluding hydrogens is 432 g/mol. The van der Waals surface area contributed by atoms with Crippen LogP contribution < -0.4 is 10.6 Å². The Hall–Kier alpha value is -3.35. The molecule has 7 heteroatoms. The monoisotopic (exact) mass is 466 g/mol. The van der Waals surface area contributed by atoms with Crippen LogP contribution in [0.4, 0.5) is 4.79 Å². The Morgan fingerprint density at radius 3 is 2.18 bits per heavy atom. The van der Waals surface area contributed by atoms with Crippen molar-refractivity contribution in [2.45, 2.75) is 63.8 Å². The van der Waals surface area contributed by atoms with Crippen molar-refractivity contribution in [3.63, 3.8) is 0 Å². The van der Waals surface area contributed by atoms with Crippen molar-refractivity contribution in [1.29, 1.82) is 0 Å². The number of carbonyl (C=O) groups is 3. The maximum absolute atomic E-state index is 12.2. The molecular formula is C27H34N2O5. The number of fused-ring (bicyclic) bond motifs is 3. The standard InChI is InChI=1S/C27H34N2O5/c1-2-19(17-26(31)32)29-25(30)15-5-3-4-10-16-28-27(33)34-18-24-22-13-8-6-11-20(22)21-12-7-9-14-23(21)24/h6-9,11-14,19,24H,2-5,10,15-18H2,1H3,(H,28,33)(H,29,30)(H,31,32)/t19-/m0/s1. The molecule has 0 bridgehead atoms. The highest BCUT2D eigenvalue weighted by Crippen LogP contribution is 2.44. The molecule has 7 nitrogen and oxygen atoms in total. The van der Waals surface area contributed by atoms with Crippen LogP contribution in [0.25, 0.3) is 11.1 Å². The SMILES string of the molecule is CC[C@@H](CC(=O)O)NC(=O)CCCCCCNC(=O)OCC1c2ccccc2-c2ccccc21. The molecule has 0 spiro atoms. The van der Waals surface area contributed by atoms with E-state index in [0.717, 1.165) is 25.7 Å². The first-order valence-corrected chi connectivity index (χ1v) is 12.1. The molecule has 3 N–H and O–H groups in total. The number of benzene rings is 2. The van der Waals surface area contributed by atoms with Gasteiger partial charge in [-0.3, -0.25) is 9.59 Å². The summed E-state index contributed by atoms with van der Waals surface area (Å²) in [6, 6.07) is 16.2. The number of nitrogens with one attached hydrogen (secondary N) is 2. The zero-order valence-corrected chi connectivity index (χ0v) is 19.7. The van der Waals surface area contributed by atoms with Crippen LogP contribution in [-0.4, -0.2) is 42.3 Å². The second kappa shape index (κ2) is 12.8. The third-order valence-electron chi connectivity index (χ3n) is 6.22. The smallest absolute Gasteiger partial charge is 0.407 e. The Morgan fingerprint density at radius 1 is 0.941 bits per heavy atom. The van der Waals surface area contributed by atoms with Crippen molar-refractivity contribution >= 4 is 18.0 Å². The van der Waals surface area contributed by atoms with E-state index in [1.807, 2.05) is 31.2 Å². The minimum absolute atomic E-state index is 0.0482. The first kappa shape index (κ1) is 25.3. The van der Waals surface area contributed by atoms with Gasteiger partial charge in [0.05, 0.1) is 6.42 Å². The van der Waals surface area contributed by atoms with Crippen LogP contribution in [0, 0.1) is 0 Å². The summed E-state index contributed by atoms with van der Waals surface area (Å²) >= 11 is 0. The molecule has 0 heterocycles. The molecule has 1 aliphatic rings. The average Bonchev–Trinajstić information content (AvgIpc) is 3.15. The summed E-state index contributed by atoms with van der Waals surface area (Å²) < 4.78 is 5.53. The molecule has 0 aliphatic heterocycles. The third kappa shape index (κ3) is 7.07. The van der Waals surface area contributed by atoms with E-state index in [1.54, 1.807) is 0 Å². The number of rotatable bonds is 13. The van der Waals surface area contributed by atoms with Crippen molar-refractivity contribution in [1.82, 2.24) is 10.6 Å². The van der Waals surface area contributed by atoms with Gasteiger partial charge in [0.25, 0.3) is 0 Å². The number of carboxylic acids is 1. The van der Waals surface area contributed by atoms with Crippen molar-refractivity contribution in [3.05, 3.63) is 59.7 Å². The van der Waals surface area contributed by atoms with Gasteiger partial charge in [-0.25, -0.2) is 4.79 Å². The molecule has 1 aliphatic carbocycles. The van der Waals surface area contributed by atoms with E-state index in [9.17, 15) is 14.4 Å². The lowest BCUT2D eigenvalue weighted by Crippen LogP contribution is -2.35. The molecule has 2 aromatic rings. The van der Waals surface area contributed by atoms with Gasteiger partial charge in [0.1, 0.15) is 6.61 Å². The summed E-state index contributed by atoms with van der Waals surface area (Å²) in [4.78, 5) is 34.9. The van der Waals surface area contributed by atoms with E-state index >= 15 is 0 Å². The first-order valence-electron chi connectivity index (χ1n) is 12.1. The summed E-state index contributed by atoms with van der Waals surface area (Å²) in [5, 5.41) is 14.4. The van der Waals surface area contributed by atoms with E-state index in [1.165, 1.54) is 22.3 Å². The van der Waals surface area contributed by atoms with Gasteiger partial charge < -0.3 is 20.5 Å². The Morgan fingerprint density at radius 2 is 1.56 bits per heavy atom. The van der Waals surface area contributed by atoms with Crippen molar-refractivity contribution in [2.24, 2.45) is 0 Å². The summed E-state index contributed by atoms with van der Waals surface area (Å²) in [5.74, 6) is -0.965. The minimum Gasteiger partial charge on any atom is -0.481 e. The average molecular weight is 467 g/mol. The van der Waals surface area contributed by atoms with Gasteiger partial charge in [-0.1, -0.05) is 68.3 Å². The number of hydrogen-bond donors (Lipinski definition) is 3. The Balaban J connectivity index is 1.29. The Bertz CT molecular complexity index is 945. The molecule has 0 aromatic heterocycles. The first-order chi connectivity index (χ1) is 16.5. The van der Waals surface area contributed by atoms with Crippen LogP contribution in [-0.2, 0) is 14.3 Å². The van der Waals surface area contributed by atoms with E-state index in [-0.39, 0.29) is 24.3 Å². The van der Waals surface area contributed by atoms with Crippen molar-refractivity contribution in [3.8, 4) is 11.1 Å². The number of amides is 2. The minimum atomic E-state index is -0.906. The van der Waals surface area contributed by atoms with Gasteiger partial charge in [0, 0.05) is 24.9 Å². The molecule has 0 unspecified atom stereocenters. The normalized spacial score (nSPS) is 13.0. The molecule has 0 fully saturated rings. The summed E-state index contributed by atoms with van der Waals surface area (Å²) in [6.07, 6.45) is 3.83. The molecule has 3 rings (SSSR count). The van der Waals surface area contributed by atoms with Crippen LogP contribution >= 0.6 is 0 Å². The topological polar surface area (TPSA) is 105 Å². The molecule has 2 amide bonds. The zero-order chi connectivity index (χ0) is 24.3. The molecule has 1 atom stereocenters. The molecule has 0 saturated heterocycles. The predicted octanol–water partition coefficient (Wildman–Crippen LogP) is 4.85. The van der Waals surface area contributed by atoms with Crippen LogP contribution in [0.5, 0.6) is 0 Å². The largest absolute Gasteiger partial charge is 0.481 e. The third-order valence-corrected chi connectivity index (χ3v) is 6.22. The highest BCUT2D eigenvalue weighted by molar-refractivity contribution is 5.79. The fourth-order valence-corrected chi connectivity index (χ4v) is 4.41. The number of carbonyl (C=O) groups excluding carboxylic acids is 2. The fraction of sp³-hybridized carbons (Fsp3) is 0.444. The van der Waals surface area contributed by atoms with Crippen LogP contribution in [0.3, 0.4) is 0 Å². The maximum atomic E-state index is 12.2. The number of unbranched alkanes of at least 4 members (excludes halogenated alkanes) is 3. The maximum Gasteiger partial charge on any atom is 0.407 e. The molecule has 0 saturated carbocycles. The van der Waals surface area contributed by atoms with Gasteiger partial charge >= 0.3 is 12.1 Å². The number of alkyl carbamates (subject to hydrolysis) is 1. The van der Waals surface area contributed by atoms with E-state index in [2.05, 4.69) is 34.9 Å². The molecule has 182 valence electrons. The van der Waals surface area contributed by atoms with Crippen molar-refractivity contribution < 1.29 is 24.2 Å². The van der Waals surface area contributed by atoms with Gasteiger partial charge in [-0.05, 0) is 41.5 Å². The van der Waals surface area contributed by atoms with E-state index in [4.69, 9.17) is 9.84 Å². The second-order valence-electron chi connectivity index (χ2n) is 8.69. The lowest BCUT2D eigenvalue weighted by molar-refractivity contribution is -0.137. The summed E-state index contributed by atoms with van der Waals surface area (Å²) in [6.45, 7) is 2.69. The van der Waals surface area contributed by atoms with E-state index in [0.29, 0.717) is 26.0 Å². The highest BCUT2D eigenvalue weighted by Gasteiger charge is 2.28. The number of carboxylic acid groups (broad SMARTS) is 1. The zero-order valence-electron chi connectivity index (χ0n) is 19.7. The number of hydrogen-bond acceptors (Lipinski definition) is 4. The lowest BCUT2D eigenvalue weighted by Gasteiger charge is -2.15. The quantitative estimate of drug-likeness (QED) is 0.366. The Labute approximate surface area is 200 Å². The highest BCUT2D eigenvalue weighted by atomic mass is 16.5. The van der Waals surface area contributed by atoms with Crippen LogP contribution in [0.15, 0.2) is 48.5 Å². The van der Waals surface area contributed by atoms with Crippen molar-refractivity contribution in [2.75, 3.05) is 13.2 Å². The van der Waals surface area contributed by atoms with Gasteiger partial charge in [-0.2, -0.15) is 0 Å². The van der Waals surface area contributed by atoms with Crippen LogP contribution in [0.2, 0.25) is 0 Å². The van der Waals surface area contributed by atoms with Crippen LogP contribution in [0.1, 0.15) is 68.9 Å². The fourth-order valence-electron chi connectivity index (χ4n) is 4.41. The number of ether oxygens (including phenoxy) is 1. The van der Waals surface area contributed by atoms with Gasteiger partial charge in [0.2, 0.25) is 5.91 Å². The van der Waals surface area contributed by atoms with Gasteiger partial charge in [0.15, 0.2) is 0 Å². The molecule has 34 heavy (non-hydrogen) atoms. The van der Waals surface area contributed by atoms with E-state index < -0.39 is 12.1 Å².